The molecule has 1 rings (SSSR count). The molecule has 0 fully saturated rings. The Morgan fingerprint density at radius 3 is 2.05 bits per heavy atom. The van der Waals surface area contributed by atoms with Crippen LogP contribution in [-0.2, 0) is 6.54 Å². The van der Waals surface area contributed by atoms with Gasteiger partial charge in [0.2, 0.25) is 0 Å². The van der Waals surface area contributed by atoms with E-state index in [1.54, 1.807) is 0 Å². The highest BCUT2D eigenvalue weighted by atomic mass is 15.1. The molecular weight excluding hydrogens is 232 g/mol. The fourth-order valence-corrected chi connectivity index (χ4v) is 2.75. The summed E-state index contributed by atoms with van der Waals surface area (Å²) in [6.45, 7) is 14.0. The average molecular weight is 262 g/mol. The molecule has 0 aromatic heterocycles. The lowest BCUT2D eigenvalue weighted by Crippen LogP contribution is -2.33. The molecule has 0 radical (unpaired) electrons. The summed E-state index contributed by atoms with van der Waals surface area (Å²) in [5.41, 5.74) is 11.5. The van der Waals surface area contributed by atoms with Gasteiger partial charge in [-0.2, -0.15) is 0 Å². The number of hydrogen-bond donors (Lipinski definition) is 1. The zero-order chi connectivity index (χ0) is 14.6. The van der Waals surface area contributed by atoms with Crippen LogP contribution in [0.1, 0.15) is 36.1 Å². The average Bonchev–Trinajstić information content (AvgIpc) is 2.30. The van der Waals surface area contributed by atoms with Gasteiger partial charge in [-0.25, -0.2) is 0 Å². The first-order valence-corrected chi connectivity index (χ1v) is 7.30. The van der Waals surface area contributed by atoms with Gasteiger partial charge >= 0.3 is 0 Å². The summed E-state index contributed by atoms with van der Waals surface area (Å²) in [5.74, 6) is 1.23. The predicted octanol–water partition coefficient (Wildman–Crippen LogP) is 3.27. The van der Waals surface area contributed by atoms with Crippen molar-refractivity contribution in [3.63, 3.8) is 0 Å². The van der Waals surface area contributed by atoms with Gasteiger partial charge in [-0.05, 0) is 62.9 Å². The summed E-state index contributed by atoms with van der Waals surface area (Å²) >= 11 is 0. The van der Waals surface area contributed by atoms with Crippen LogP contribution in [0.3, 0.4) is 0 Å². The van der Waals surface area contributed by atoms with Crippen LogP contribution >= 0.6 is 0 Å². The molecule has 1 atom stereocenters. The first kappa shape index (κ1) is 16.2. The summed E-state index contributed by atoms with van der Waals surface area (Å²) < 4.78 is 0. The molecule has 2 N–H and O–H groups in total. The summed E-state index contributed by atoms with van der Waals surface area (Å²) in [6.07, 6.45) is 0. The summed E-state index contributed by atoms with van der Waals surface area (Å²) in [6, 6.07) is 4.55. The molecule has 0 saturated heterocycles. The Balaban J connectivity index is 2.74. The van der Waals surface area contributed by atoms with Crippen LogP contribution in [0.25, 0.3) is 0 Å². The lowest BCUT2D eigenvalue weighted by molar-refractivity contribution is 0.234. The standard InChI is InChI=1S/C17H30N2/c1-12(2)16(9-18)10-19(6)11-17-14(4)7-13(3)8-15(17)5/h7-8,12,16H,9-11,18H2,1-6H3. The van der Waals surface area contributed by atoms with E-state index in [1.165, 1.54) is 22.3 Å². The number of nitrogens with two attached hydrogens (primary N) is 1. The lowest BCUT2D eigenvalue weighted by atomic mass is 9.94. The molecule has 1 unspecified atom stereocenters. The zero-order valence-electron chi connectivity index (χ0n) is 13.5. The van der Waals surface area contributed by atoms with E-state index in [4.69, 9.17) is 5.73 Å². The SMILES string of the molecule is Cc1cc(C)c(CN(C)CC(CN)C(C)C)c(C)c1. The van der Waals surface area contributed by atoms with Crippen LogP contribution in [0.5, 0.6) is 0 Å². The van der Waals surface area contributed by atoms with Crippen LogP contribution < -0.4 is 5.73 Å². The maximum absolute atomic E-state index is 5.87. The first-order valence-electron chi connectivity index (χ1n) is 7.30. The molecule has 0 amide bonds. The Labute approximate surface area is 119 Å². The van der Waals surface area contributed by atoms with Gasteiger partial charge in [0.05, 0.1) is 0 Å². The molecule has 0 heterocycles. The maximum atomic E-state index is 5.87. The van der Waals surface area contributed by atoms with Crippen LogP contribution in [-0.4, -0.2) is 25.0 Å². The van der Waals surface area contributed by atoms with E-state index in [0.717, 1.165) is 19.6 Å². The zero-order valence-corrected chi connectivity index (χ0v) is 13.5. The van der Waals surface area contributed by atoms with Gasteiger partial charge in [-0.15, -0.1) is 0 Å². The molecule has 2 nitrogen and oxygen atoms in total. The third-order valence-corrected chi connectivity index (χ3v) is 4.06. The second-order valence-electron chi connectivity index (χ2n) is 6.31. The molecular formula is C17H30N2. The quantitative estimate of drug-likeness (QED) is 0.852. The maximum Gasteiger partial charge on any atom is 0.0236 e. The summed E-state index contributed by atoms with van der Waals surface area (Å²) in [4.78, 5) is 2.40. The van der Waals surface area contributed by atoms with Crippen LogP contribution in [0, 0.1) is 32.6 Å². The van der Waals surface area contributed by atoms with Crippen molar-refractivity contribution in [2.45, 2.75) is 41.2 Å². The summed E-state index contributed by atoms with van der Waals surface area (Å²) in [5, 5.41) is 0. The van der Waals surface area contributed by atoms with Crippen LogP contribution in [0.2, 0.25) is 0 Å². The molecule has 0 bridgehead atoms. The van der Waals surface area contributed by atoms with E-state index in [-0.39, 0.29) is 0 Å². The van der Waals surface area contributed by atoms with E-state index in [0.29, 0.717) is 11.8 Å². The predicted molar refractivity (Wildman–Crippen MR) is 84.4 cm³/mol. The van der Waals surface area contributed by atoms with Gasteiger partial charge in [-0.1, -0.05) is 31.5 Å². The van der Waals surface area contributed by atoms with Crippen molar-refractivity contribution in [2.75, 3.05) is 20.1 Å². The normalized spacial score (nSPS) is 13.3. The topological polar surface area (TPSA) is 29.3 Å². The highest BCUT2D eigenvalue weighted by Gasteiger charge is 2.15. The van der Waals surface area contributed by atoms with E-state index in [9.17, 15) is 0 Å². The van der Waals surface area contributed by atoms with E-state index in [2.05, 4.69) is 58.7 Å². The minimum Gasteiger partial charge on any atom is -0.330 e. The molecule has 0 saturated carbocycles. The Morgan fingerprint density at radius 1 is 1.11 bits per heavy atom. The Kier molecular flexibility index (Phi) is 6.02. The third-order valence-electron chi connectivity index (χ3n) is 4.06. The van der Waals surface area contributed by atoms with Gasteiger partial charge in [0.25, 0.3) is 0 Å². The molecule has 0 aliphatic rings. The monoisotopic (exact) mass is 262 g/mol. The van der Waals surface area contributed by atoms with Crippen molar-refractivity contribution in [1.29, 1.82) is 0 Å². The second-order valence-corrected chi connectivity index (χ2v) is 6.31. The number of aryl methyl sites for hydroxylation is 3. The third kappa shape index (κ3) is 4.63. The first-order chi connectivity index (χ1) is 8.85. The molecule has 19 heavy (non-hydrogen) atoms. The molecule has 0 aliphatic carbocycles. The van der Waals surface area contributed by atoms with Crippen molar-refractivity contribution in [3.8, 4) is 0 Å². The van der Waals surface area contributed by atoms with Crippen LogP contribution in [0.15, 0.2) is 12.1 Å². The smallest absolute Gasteiger partial charge is 0.0236 e. The molecule has 1 aromatic carbocycles. The number of benzene rings is 1. The number of nitrogens with zero attached hydrogens (tertiary/aromatic N) is 1. The van der Waals surface area contributed by atoms with Crippen molar-refractivity contribution in [3.05, 3.63) is 34.4 Å². The van der Waals surface area contributed by atoms with Gasteiger partial charge in [-0.3, -0.25) is 0 Å². The van der Waals surface area contributed by atoms with Crippen molar-refractivity contribution in [2.24, 2.45) is 17.6 Å². The summed E-state index contributed by atoms with van der Waals surface area (Å²) in [7, 11) is 2.20. The largest absolute Gasteiger partial charge is 0.330 e. The van der Waals surface area contributed by atoms with E-state index < -0.39 is 0 Å². The van der Waals surface area contributed by atoms with Gasteiger partial charge in [0, 0.05) is 13.1 Å². The van der Waals surface area contributed by atoms with Crippen molar-refractivity contribution >= 4 is 0 Å². The number of hydrogen-bond acceptors (Lipinski definition) is 2. The molecule has 108 valence electrons. The highest BCUT2D eigenvalue weighted by Crippen LogP contribution is 2.19. The fourth-order valence-electron chi connectivity index (χ4n) is 2.75. The van der Waals surface area contributed by atoms with E-state index in [1.807, 2.05) is 0 Å². The van der Waals surface area contributed by atoms with Crippen molar-refractivity contribution < 1.29 is 0 Å². The van der Waals surface area contributed by atoms with Gasteiger partial charge < -0.3 is 10.6 Å². The number of rotatable bonds is 6. The highest BCUT2D eigenvalue weighted by molar-refractivity contribution is 5.37. The lowest BCUT2D eigenvalue weighted by Gasteiger charge is -2.27. The second kappa shape index (κ2) is 7.06. The van der Waals surface area contributed by atoms with Crippen molar-refractivity contribution in [1.82, 2.24) is 4.90 Å². The Bertz CT molecular complexity index is 387. The van der Waals surface area contributed by atoms with Crippen LogP contribution in [0.4, 0.5) is 0 Å². The molecule has 0 aliphatic heterocycles. The Morgan fingerprint density at radius 2 is 1.63 bits per heavy atom. The molecule has 0 spiro atoms. The minimum atomic E-state index is 0.580. The fraction of sp³-hybridized carbons (Fsp3) is 0.647. The van der Waals surface area contributed by atoms with E-state index >= 15 is 0 Å². The Hall–Kier alpha value is -0.860. The van der Waals surface area contributed by atoms with Gasteiger partial charge in [0.1, 0.15) is 0 Å². The molecule has 2 heteroatoms. The molecule has 1 aromatic rings. The van der Waals surface area contributed by atoms with Gasteiger partial charge in [0.15, 0.2) is 0 Å². The minimum absolute atomic E-state index is 0.580.